The van der Waals surface area contributed by atoms with Crippen LogP contribution in [0.5, 0.6) is 0 Å². The topological polar surface area (TPSA) is 91.1 Å². The minimum atomic E-state index is -3.33. The van der Waals surface area contributed by atoms with Gasteiger partial charge in [-0.25, -0.2) is 8.42 Å². The number of anilines is 1. The van der Waals surface area contributed by atoms with Gasteiger partial charge in [0.15, 0.2) is 0 Å². The SMILES string of the molecule is Cc1ccc2[nH]c3c(c2c1)CC(NC(=O)c1ccc(NS(C)(=O)=O)cc1)C3. The van der Waals surface area contributed by atoms with Crippen molar-refractivity contribution in [2.45, 2.75) is 25.8 Å². The number of sulfonamides is 1. The van der Waals surface area contributed by atoms with Crippen LogP contribution in [0, 0.1) is 6.92 Å². The van der Waals surface area contributed by atoms with Crippen LogP contribution in [-0.2, 0) is 22.9 Å². The summed E-state index contributed by atoms with van der Waals surface area (Å²) in [7, 11) is -3.33. The molecule has 2 aromatic carbocycles. The highest BCUT2D eigenvalue weighted by Gasteiger charge is 2.26. The van der Waals surface area contributed by atoms with Gasteiger partial charge in [-0.3, -0.25) is 9.52 Å². The number of benzene rings is 2. The van der Waals surface area contributed by atoms with Crippen molar-refractivity contribution in [1.82, 2.24) is 10.3 Å². The Bertz CT molecular complexity index is 1130. The smallest absolute Gasteiger partial charge is 0.251 e. The average molecular weight is 383 g/mol. The van der Waals surface area contributed by atoms with Crippen molar-refractivity contribution >= 4 is 32.5 Å². The molecule has 0 spiro atoms. The molecule has 0 bridgehead atoms. The number of aromatic nitrogens is 1. The van der Waals surface area contributed by atoms with E-state index in [0.29, 0.717) is 11.3 Å². The van der Waals surface area contributed by atoms with E-state index in [-0.39, 0.29) is 11.9 Å². The molecule has 3 N–H and O–H groups in total. The molecular weight excluding hydrogens is 362 g/mol. The van der Waals surface area contributed by atoms with Gasteiger partial charge in [-0.2, -0.15) is 0 Å². The first-order chi connectivity index (χ1) is 12.8. The van der Waals surface area contributed by atoms with E-state index in [1.807, 2.05) is 0 Å². The van der Waals surface area contributed by atoms with Gasteiger partial charge in [0, 0.05) is 40.3 Å². The van der Waals surface area contributed by atoms with E-state index in [1.54, 1.807) is 24.3 Å². The number of H-pyrrole nitrogens is 1. The van der Waals surface area contributed by atoms with Gasteiger partial charge in [0.05, 0.1) is 6.26 Å². The van der Waals surface area contributed by atoms with Crippen molar-refractivity contribution in [2.75, 3.05) is 11.0 Å². The van der Waals surface area contributed by atoms with Crippen molar-refractivity contribution < 1.29 is 13.2 Å². The second-order valence-corrected chi connectivity index (χ2v) is 8.91. The third kappa shape index (κ3) is 3.68. The molecule has 0 fully saturated rings. The summed E-state index contributed by atoms with van der Waals surface area (Å²) in [6.45, 7) is 2.08. The first-order valence-electron chi connectivity index (χ1n) is 8.77. The summed E-state index contributed by atoms with van der Waals surface area (Å²) in [5.41, 5.74) is 5.78. The Labute approximate surface area is 158 Å². The molecule has 140 valence electrons. The van der Waals surface area contributed by atoms with Crippen molar-refractivity contribution in [3.05, 3.63) is 64.8 Å². The van der Waals surface area contributed by atoms with Crippen LogP contribution < -0.4 is 10.0 Å². The van der Waals surface area contributed by atoms with E-state index in [0.717, 1.165) is 24.6 Å². The van der Waals surface area contributed by atoms with E-state index >= 15 is 0 Å². The van der Waals surface area contributed by atoms with Gasteiger partial charge in [0.1, 0.15) is 0 Å². The van der Waals surface area contributed by atoms with Crippen LogP contribution >= 0.6 is 0 Å². The lowest BCUT2D eigenvalue weighted by atomic mass is 10.1. The molecule has 0 aliphatic heterocycles. The summed E-state index contributed by atoms with van der Waals surface area (Å²) < 4.78 is 24.9. The highest BCUT2D eigenvalue weighted by molar-refractivity contribution is 7.92. The van der Waals surface area contributed by atoms with E-state index < -0.39 is 10.0 Å². The van der Waals surface area contributed by atoms with Gasteiger partial charge in [0.25, 0.3) is 5.91 Å². The second kappa shape index (κ2) is 6.42. The molecule has 3 aromatic rings. The molecule has 1 heterocycles. The number of carbonyl (C=O) groups is 1. The minimum Gasteiger partial charge on any atom is -0.358 e. The van der Waals surface area contributed by atoms with E-state index in [2.05, 4.69) is 40.1 Å². The minimum absolute atomic E-state index is 0.0532. The van der Waals surface area contributed by atoms with Gasteiger partial charge in [-0.15, -0.1) is 0 Å². The van der Waals surface area contributed by atoms with Crippen molar-refractivity contribution in [3.8, 4) is 0 Å². The number of nitrogens with one attached hydrogen (secondary N) is 3. The van der Waals surface area contributed by atoms with E-state index in [4.69, 9.17) is 0 Å². The fraction of sp³-hybridized carbons (Fsp3) is 0.250. The van der Waals surface area contributed by atoms with Crippen LogP contribution in [0.1, 0.15) is 27.2 Å². The summed E-state index contributed by atoms with van der Waals surface area (Å²) in [6.07, 6.45) is 2.67. The van der Waals surface area contributed by atoms with Gasteiger partial charge in [-0.1, -0.05) is 11.6 Å². The van der Waals surface area contributed by atoms with Crippen LogP contribution in [0.3, 0.4) is 0 Å². The molecule has 0 saturated carbocycles. The Morgan fingerprint density at radius 1 is 1.11 bits per heavy atom. The Balaban J connectivity index is 1.45. The Morgan fingerprint density at radius 3 is 2.56 bits per heavy atom. The first-order valence-corrected chi connectivity index (χ1v) is 10.7. The number of amides is 1. The largest absolute Gasteiger partial charge is 0.358 e. The molecule has 7 heteroatoms. The summed E-state index contributed by atoms with van der Waals surface area (Å²) in [4.78, 5) is 16.0. The Kier molecular flexibility index (Phi) is 4.19. The van der Waals surface area contributed by atoms with Crippen molar-refractivity contribution in [2.24, 2.45) is 0 Å². The van der Waals surface area contributed by atoms with Crippen LogP contribution in [0.2, 0.25) is 0 Å². The summed E-state index contributed by atoms with van der Waals surface area (Å²) in [6, 6.07) is 12.8. The molecule has 1 aliphatic carbocycles. The summed E-state index contributed by atoms with van der Waals surface area (Å²) in [5, 5.41) is 4.31. The van der Waals surface area contributed by atoms with Crippen LogP contribution in [0.15, 0.2) is 42.5 Å². The monoisotopic (exact) mass is 383 g/mol. The van der Waals surface area contributed by atoms with Gasteiger partial charge in [0.2, 0.25) is 10.0 Å². The number of carbonyl (C=O) groups excluding carboxylic acids is 1. The van der Waals surface area contributed by atoms with Crippen LogP contribution in [0.25, 0.3) is 10.9 Å². The molecule has 1 aliphatic rings. The molecule has 0 radical (unpaired) electrons. The van der Waals surface area contributed by atoms with Crippen molar-refractivity contribution in [3.63, 3.8) is 0 Å². The number of fused-ring (bicyclic) bond motifs is 3. The van der Waals surface area contributed by atoms with Crippen molar-refractivity contribution in [1.29, 1.82) is 0 Å². The zero-order chi connectivity index (χ0) is 19.2. The van der Waals surface area contributed by atoms with Crippen LogP contribution in [0.4, 0.5) is 5.69 Å². The highest BCUT2D eigenvalue weighted by atomic mass is 32.2. The third-order valence-electron chi connectivity index (χ3n) is 4.84. The molecular formula is C20H21N3O3S. The molecule has 27 heavy (non-hydrogen) atoms. The predicted octanol–water partition coefficient (Wildman–Crippen LogP) is 2.75. The Hall–Kier alpha value is -2.80. The van der Waals surface area contributed by atoms with E-state index in [1.165, 1.54) is 22.2 Å². The molecule has 1 unspecified atom stereocenters. The number of aryl methyl sites for hydroxylation is 1. The normalized spacial score (nSPS) is 16.3. The summed E-state index contributed by atoms with van der Waals surface area (Å²) in [5.74, 6) is -0.156. The van der Waals surface area contributed by atoms with Gasteiger partial charge in [-0.05, 0) is 55.3 Å². The molecule has 0 saturated heterocycles. The Morgan fingerprint density at radius 2 is 1.85 bits per heavy atom. The van der Waals surface area contributed by atoms with Gasteiger partial charge >= 0.3 is 0 Å². The molecule has 1 aromatic heterocycles. The highest BCUT2D eigenvalue weighted by Crippen LogP contribution is 2.30. The fourth-order valence-corrected chi connectivity index (χ4v) is 4.23. The molecule has 4 rings (SSSR count). The lowest BCUT2D eigenvalue weighted by molar-refractivity contribution is 0.0938. The maximum absolute atomic E-state index is 12.5. The van der Waals surface area contributed by atoms with Crippen LogP contribution in [-0.4, -0.2) is 31.6 Å². The number of aromatic amines is 1. The number of hydrogen-bond acceptors (Lipinski definition) is 3. The average Bonchev–Trinajstić information content (AvgIpc) is 3.11. The molecule has 1 atom stereocenters. The lowest BCUT2D eigenvalue weighted by Crippen LogP contribution is -2.35. The van der Waals surface area contributed by atoms with Gasteiger partial charge < -0.3 is 10.3 Å². The summed E-state index contributed by atoms with van der Waals surface area (Å²) >= 11 is 0. The standard InChI is InChI=1S/C20H21N3O3S/c1-12-3-8-18-16(9-12)17-10-15(11-19(17)22-18)21-20(24)13-4-6-14(7-5-13)23-27(2,25)26/h3-9,15,22-23H,10-11H2,1-2H3,(H,21,24). The maximum Gasteiger partial charge on any atom is 0.251 e. The zero-order valence-corrected chi connectivity index (χ0v) is 16.0. The third-order valence-corrected chi connectivity index (χ3v) is 5.44. The first kappa shape index (κ1) is 17.6. The quantitative estimate of drug-likeness (QED) is 0.647. The van der Waals surface area contributed by atoms with E-state index in [9.17, 15) is 13.2 Å². The number of hydrogen-bond donors (Lipinski definition) is 3. The number of rotatable bonds is 4. The second-order valence-electron chi connectivity index (χ2n) is 7.16. The zero-order valence-electron chi connectivity index (χ0n) is 15.2. The predicted molar refractivity (Wildman–Crippen MR) is 107 cm³/mol. The fourth-order valence-electron chi connectivity index (χ4n) is 3.66. The lowest BCUT2D eigenvalue weighted by Gasteiger charge is -2.13. The molecule has 1 amide bonds. The maximum atomic E-state index is 12.5. The molecule has 6 nitrogen and oxygen atoms in total.